The Balaban J connectivity index is 2.90. The molecule has 7 heteroatoms. The number of hydrogen-bond acceptors (Lipinski definition) is 4. The summed E-state index contributed by atoms with van der Waals surface area (Å²) in [5, 5.41) is 0.556. The lowest BCUT2D eigenvalue weighted by Crippen LogP contribution is -2.22. The van der Waals surface area contributed by atoms with E-state index in [0.29, 0.717) is 27.7 Å². The second-order valence-electron chi connectivity index (χ2n) is 4.75. The van der Waals surface area contributed by atoms with E-state index in [1.54, 1.807) is 18.2 Å². The normalized spacial score (nSPS) is 12.1. The average molecular weight is 373 g/mol. The number of benzene rings is 1. The fourth-order valence-electron chi connectivity index (χ4n) is 1.99. The summed E-state index contributed by atoms with van der Waals surface area (Å²) in [6.45, 7) is 4.21. The number of ether oxygens (including phenoxy) is 1. The third kappa shape index (κ3) is 2.90. The number of aryl methyl sites for hydroxylation is 1. The molecule has 0 saturated heterocycles. The van der Waals surface area contributed by atoms with Gasteiger partial charge in [0.25, 0.3) is 0 Å². The third-order valence-corrected chi connectivity index (χ3v) is 5.48. The lowest BCUT2D eigenvalue weighted by molar-refractivity contribution is 0.341. The maximum atomic E-state index is 12.5. The zero-order chi connectivity index (χ0) is 15.8. The van der Waals surface area contributed by atoms with E-state index in [1.165, 1.54) is 18.4 Å². The highest BCUT2D eigenvalue weighted by molar-refractivity contribution is 9.10. The second kappa shape index (κ2) is 5.90. The van der Waals surface area contributed by atoms with Crippen LogP contribution in [-0.4, -0.2) is 38.4 Å². The van der Waals surface area contributed by atoms with E-state index in [9.17, 15) is 8.42 Å². The predicted molar refractivity (Wildman–Crippen MR) is 86.2 cm³/mol. The number of nitrogens with zero attached hydrogens (tertiary/aromatic N) is 2. The van der Waals surface area contributed by atoms with Crippen molar-refractivity contribution in [1.29, 1.82) is 0 Å². The molecule has 0 atom stereocenters. The lowest BCUT2D eigenvalue weighted by atomic mass is 10.2. The number of pyridine rings is 1. The lowest BCUT2D eigenvalue weighted by Gasteiger charge is -2.16. The van der Waals surface area contributed by atoms with Crippen molar-refractivity contribution in [2.75, 3.05) is 20.7 Å². The van der Waals surface area contributed by atoms with Gasteiger partial charge < -0.3 is 4.74 Å². The highest BCUT2D eigenvalue weighted by Crippen LogP contribution is 2.37. The quantitative estimate of drug-likeness (QED) is 0.827. The van der Waals surface area contributed by atoms with Crippen molar-refractivity contribution < 1.29 is 13.2 Å². The third-order valence-electron chi connectivity index (χ3n) is 3.04. The van der Waals surface area contributed by atoms with Gasteiger partial charge in [-0.1, -0.05) is 0 Å². The highest BCUT2D eigenvalue weighted by atomic mass is 79.9. The fourth-order valence-corrected chi connectivity index (χ4v) is 3.78. The summed E-state index contributed by atoms with van der Waals surface area (Å²) >= 11 is 3.39. The standard InChI is InChI=1S/C14H17BrN2O3S/c1-5-20-14-11(15)8-12(21(18,19)17(3)4)10-7-6-9(2)16-13(10)14/h6-8H,5H2,1-4H3. The van der Waals surface area contributed by atoms with Gasteiger partial charge in [0, 0.05) is 25.2 Å². The maximum absolute atomic E-state index is 12.5. The van der Waals surface area contributed by atoms with E-state index >= 15 is 0 Å². The Morgan fingerprint density at radius 2 is 2.00 bits per heavy atom. The Kier molecular flexibility index (Phi) is 4.55. The van der Waals surface area contributed by atoms with Crippen LogP contribution in [-0.2, 0) is 10.0 Å². The van der Waals surface area contributed by atoms with Crippen LogP contribution < -0.4 is 4.74 Å². The van der Waals surface area contributed by atoms with Gasteiger partial charge in [0.1, 0.15) is 5.52 Å². The predicted octanol–water partition coefficient (Wildman–Crippen LogP) is 2.95. The zero-order valence-corrected chi connectivity index (χ0v) is 14.7. The molecule has 0 aliphatic rings. The van der Waals surface area contributed by atoms with Gasteiger partial charge in [0.15, 0.2) is 5.75 Å². The molecule has 5 nitrogen and oxygen atoms in total. The van der Waals surface area contributed by atoms with Gasteiger partial charge in [0.05, 0.1) is 16.0 Å². The number of hydrogen-bond donors (Lipinski definition) is 0. The summed E-state index contributed by atoms with van der Waals surface area (Å²) in [6, 6.07) is 5.13. The molecule has 1 aromatic heterocycles. The summed E-state index contributed by atoms with van der Waals surface area (Å²) in [7, 11) is -0.549. The summed E-state index contributed by atoms with van der Waals surface area (Å²) in [6.07, 6.45) is 0. The van der Waals surface area contributed by atoms with E-state index in [4.69, 9.17) is 4.74 Å². The van der Waals surface area contributed by atoms with Crippen LogP contribution in [0.4, 0.5) is 0 Å². The van der Waals surface area contributed by atoms with Crippen LogP contribution in [0.3, 0.4) is 0 Å². The minimum absolute atomic E-state index is 0.213. The van der Waals surface area contributed by atoms with Crippen LogP contribution >= 0.6 is 15.9 Å². The first kappa shape index (κ1) is 16.2. The molecule has 2 rings (SSSR count). The fraction of sp³-hybridized carbons (Fsp3) is 0.357. The summed E-state index contributed by atoms with van der Waals surface area (Å²) in [5.74, 6) is 0.564. The molecule has 0 spiro atoms. The maximum Gasteiger partial charge on any atom is 0.243 e. The molecule has 0 unspecified atom stereocenters. The molecular formula is C14H17BrN2O3S. The van der Waals surface area contributed by atoms with E-state index in [1.807, 2.05) is 13.8 Å². The van der Waals surface area contributed by atoms with Crippen molar-refractivity contribution >= 4 is 36.9 Å². The van der Waals surface area contributed by atoms with E-state index in [-0.39, 0.29) is 4.90 Å². The molecule has 114 valence electrons. The van der Waals surface area contributed by atoms with Crippen molar-refractivity contribution in [2.45, 2.75) is 18.7 Å². The van der Waals surface area contributed by atoms with Crippen LogP contribution in [0.1, 0.15) is 12.6 Å². The smallest absolute Gasteiger partial charge is 0.243 e. The SMILES string of the molecule is CCOc1c(Br)cc(S(=O)(=O)N(C)C)c2ccc(C)nc12. The number of sulfonamides is 1. The first-order valence-electron chi connectivity index (χ1n) is 6.44. The largest absolute Gasteiger partial charge is 0.490 e. The van der Waals surface area contributed by atoms with Crippen molar-refractivity contribution in [3.05, 3.63) is 28.4 Å². The van der Waals surface area contributed by atoms with E-state index in [2.05, 4.69) is 20.9 Å². The first-order valence-corrected chi connectivity index (χ1v) is 8.67. The van der Waals surface area contributed by atoms with Gasteiger partial charge in [-0.15, -0.1) is 0 Å². The average Bonchev–Trinajstić information content (AvgIpc) is 2.41. The van der Waals surface area contributed by atoms with Gasteiger partial charge in [-0.3, -0.25) is 0 Å². The number of rotatable bonds is 4. The molecule has 0 radical (unpaired) electrons. The number of aromatic nitrogens is 1. The summed E-state index contributed by atoms with van der Waals surface area (Å²) in [4.78, 5) is 4.66. The van der Waals surface area contributed by atoms with E-state index < -0.39 is 10.0 Å². The minimum atomic E-state index is -3.56. The van der Waals surface area contributed by atoms with Crippen LogP contribution in [0.5, 0.6) is 5.75 Å². The summed E-state index contributed by atoms with van der Waals surface area (Å²) in [5.41, 5.74) is 1.35. The molecule has 21 heavy (non-hydrogen) atoms. The molecule has 1 aromatic carbocycles. The Morgan fingerprint density at radius 1 is 1.33 bits per heavy atom. The first-order chi connectivity index (χ1) is 9.78. The summed E-state index contributed by atoms with van der Waals surface area (Å²) < 4.78 is 32.4. The minimum Gasteiger partial charge on any atom is -0.490 e. The Bertz CT molecular complexity index is 788. The number of halogens is 1. The van der Waals surface area contributed by atoms with Crippen LogP contribution in [0.15, 0.2) is 27.6 Å². The van der Waals surface area contributed by atoms with Crippen LogP contribution in [0.2, 0.25) is 0 Å². The van der Waals surface area contributed by atoms with Crippen molar-refractivity contribution in [3.63, 3.8) is 0 Å². The van der Waals surface area contributed by atoms with Gasteiger partial charge in [0.2, 0.25) is 10.0 Å². The van der Waals surface area contributed by atoms with E-state index in [0.717, 1.165) is 5.69 Å². The van der Waals surface area contributed by atoms with Gasteiger partial charge in [-0.05, 0) is 48.0 Å². The zero-order valence-electron chi connectivity index (χ0n) is 12.3. The topological polar surface area (TPSA) is 59.5 Å². The second-order valence-corrected chi connectivity index (χ2v) is 7.73. The van der Waals surface area contributed by atoms with Crippen LogP contribution in [0.25, 0.3) is 10.9 Å². The Hall–Kier alpha value is -1.18. The van der Waals surface area contributed by atoms with Gasteiger partial charge in [-0.25, -0.2) is 17.7 Å². The van der Waals surface area contributed by atoms with Gasteiger partial charge in [-0.2, -0.15) is 0 Å². The van der Waals surface area contributed by atoms with Crippen molar-refractivity contribution in [1.82, 2.24) is 9.29 Å². The molecule has 0 aliphatic carbocycles. The van der Waals surface area contributed by atoms with Gasteiger partial charge >= 0.3 is 0 Å². The highest BCUT2D eigenvalue weighted by Gasteiger charge is 2.24. The monoisotopic (exact) mass is 372 g/mol. The van der Waals surface area contributed by atoms with Crippen molar-refractivity contribution in [3.8, 4) is 5.75 Å². The molecule has 1 heterocycles. The molecule has 0 bridgehead atoms. The molecule has 0 saturated carbocycles. The van der Waals surface area contributed by atoms with Crippen LogP contribution in [0, 0.1) is 6.92 Å². The van der Waals surface area contributed by atoms with Crippen molar-refractivity contribution in [2.24, 2.45) is 0 Å². The molecular weight excluding hydrogens is 356 g/mol. The Labute approximate surface area is 133 Å². The molecule has 0 fully saturated rings. The molecule has 0 amide bonds. The molecule has 2 aromatic rings. The number of fused-ring (bicyclic) bond motifs is 1. The molecule has 0 aliphatic heterocycles. The molecule has 0 N–H and O–H groups in total. The Morgan fingerprint density at radius 3 is 2.57 bits per heavy atom.